The second kappa shape index (κ2) is 6.90. The average Bonchev–Trinajstić information content (AvgIpc) is 2.37. The lowest BCUT2D eigenvalue weighted by molar-refractivity contribution is 0.268. The molecule has 1 unspecified atom stereocenters. The number of piperazine rings is 1. The quantitative estimate of drug-likeness (QED) is 0.656. The van der Waals surface area contributed by atoms with E-state index in [0.717, 1.165) is 45.1 Å². The van der Waals surface area contributed by atoms with Crippen LogP contribution in [0.2, 0.25) is 0 Å². The molecular weight excluding hydrogens is 198 g/mol. The molecule has 0 aliphatic carbocycles. The zero-order valence-corrected chi connectivity index (χ0v) is 10.1. The van der Waals surface area contributed by atoms with Crippen LogP contribution in [-0.4, -0.2) is 50.7 Å². The lowest BCUT2D eigenvalue weighted by atomic mass is 9.97. The molecule has 0 bridgehead atoms. The fourth-order valence-corrected chi connectivity index (χ4v) is 2.35. The van der Waals surface area contributed by atoms with Crippen LogP contribution in [0.25, 0.3) is 0 Å². The van der Waals surface area contributed by atoms with E-state index in [0.29, 0.717) is 0 Å². The number of piperidine rings is 1. The summed E-state index contributed by atoms with van der Waals surface area (Å²) in [5, 5.41) is 6.80. The van der Waals surface area contributed by atoms with Crippen molar-refractivity contribution in [3.05, 3.63) is 0 Å². The van der Waals surface area contributed by atoms with Gasteiger partial charge in [-0.1, -0.05) is 5.92 Å². The van der Waals surface area contributed by atoms with Gasteiger partial charge in [0.15, 0.2) is 0 Å². The van der Waals surface area contributed by atoms with E-state index in [9.17, 15) is 0 Å². The van der Waals surface area contributed by atoms with E-state index in [4.69, 9.17) is 0 Å². The lowest BCUT2D eigenvalue weighted by Gasteiger charge is -2.25. The molecule has 2 saturated heterocycles. The molecule has 0 amide bonds. The molecule has 2 heterocycles. The highest BCUT2D eigenvalue weighted by molar-refractivity contribution is 5.03. The van der Waals surface area contributed by atoms with Crippen LogP contribution in [0.4, 0.5) is 0 Å². The van der Waals surface area contributed by atoms with Crippen LogP contribution in [0.5, 0.6) is 0 Å². The molecule has 2 N–H and O–H groups in total. The van der Waals surface area contributed by atoms with E-state index in [-0.39, 0.29) is 0 Å². The van der Waals surface area contributed by atoms with Crippen molar-refractivity contribution in [1.82, 2.24) is 15.5 Å². The van der Waals surface area contributed by atoms with E-state index in [1.807, 2.05) is 0 Å². The maximum absolute atomic E-state index is 3.44. The molecular formula is C13H23N3. The van der Waals surface area contributed by atoms with Gasteiger partial charge < -0.3 is 10.6 Å². The minimum atomic E-state index is 0.796. The summed E-state index contributed by atoms with van der Waals surface area (Å²) in [4.78, 5) is 2.43. The Morgan fingerprint density at radius 1 is 1.06 bits per heavy atom. The Bertz CT molecular complexity index is 218. The normalized spacial score (nSPS) is 27.1. The van der Waals surface area contributed by atoms with Crippen LogP contribution >= 0.6 is 0 Å². The fourth-order valence-electron chi connectivity index (χ4n) is 2.35. The molecule has 0 aromatic heterocycles. The van der Waals surface area contributed by atoms with Gasteiger partial charge in [-0.25, -0.2) is 0 Å². The van der Waals surface area contributed by atoms with Crippen LogP contribution in [0, 0.1) is 17.8 Å². The van der Waals surface area contributed by atoms with Crippen molar-refractivity contribution in [2.24, 2.45) is 5.92 Å². The summed E-state index contributed by atoms with van der Waals surface area (Å²) in [5.74, 6) is 7.47. The molecule has 0 aromatic rings. The first kappa shape index (κ1) is 11.9. The van der Waals surface area contributed by atoms with Crippen LogP contribution in [0.15, 0.2) is 0 Å². The van der Waals surface area contributed by atoms with Gasteiger partial charge in [-0.05, 0) is 31.8 Å². The third kappa shape index (κ3) is 4.13. The molecule has 3 heteroatoms. The fraction of sp³-hybridized carbons (Fsp3) is 0.846. The lowest BCUT2D eigenvalue weighted by Crippen LogP contribution is -2.43. The molecule has 3 nitrogen and oxygen atoms in total. The summed E-state index contributed by atoms with van der Waals surface area (Å²) >= 11 is 0. The molecule has 2 aliphatic heterocycles. The Hall–Kier alpha value is -0.560. The number of nitrogens with one attached hydrogen (secondary N) is 2. The van der Waals surface area contributed by atoms with Crippen molar-refractivity contribution in [2.75, 3.05) is 45.8 Å². The Balaban J connectivity index is 1.61. The topological polar surface area (TPSA) is 27.3 Å². The van der Waals surface area contributed by atoms with Crippen molar-refractivity contribution in [1.29, 1.82) is 0 Å². The van der Waals surface area contributed by atoms with Crippen LogP contribution < -0.4 is 10.6 Å². The van der Waals surface area contributed by atoms with E-state index in [2.05, 4.69) is 27.4 Å². The van der Waals surface area contributed by atoms with E-state index >= 15 is 0 Å². The summed E-state index contributed by atoms with van der Waals surface area (Å²) in [6.45, 7) is 7.87. The molecule has 2 aliphatic rings. The Kier molecular flexibility index (Phi) is 5.14. The largest absolute Gasteiger partial charge is 0.316 e. The molecule has 2 rings (SSSR count). The standard InChI is InChI=1S/C13H23N3/c1(4-13-5-3-6-15-12-13)2-9-16-10-7-14-8-11-16/h13-15H,3-12H2. The van der Waals surface area contributed by atoms with E-state index in [1.54, 1.807) is 0 Å². The molecule has 90 valence electrons. The maximum atomic E-state index is 3.44. The first-order valence-corrected chi connectivity index (χ1v) is 6.54. The monoisotopic (exact) mass is 221 g/mol. The first-order valence-electron chi connectivity index (χ1n) is 6.54. The van der Waals surface area contributed by atoms with Gasteiger partial charge in [0.1, 0.15) is 0 Å². The predicted octanol–water partition coefficient (Wildman–Crippen LogP) is 0.285. The summed E-state index contributed by atoms with van der Waals surface area (Å²) in [6.07, 6.45) is 3.76. The maximum Gasteiger partial charge on any atom is 0.0602 e. The molecule has 0 saturated carbocycles. The number of nitrogens with zero attached hydrogens (tertiary/aromatic N) is 1. The van der Waals surface area contributed by atoms with Crippen LogP contribution in [-0.2, 0) is 0 Å². The number of hydrogen-bond acceptors (Lipinski definition) is 3. The van der Waals surface area contributed by atoms with Crippen molar-refractivity contribution in [2.45, 2.75) is 19.3 Å². The minimum Gasteiger partial charge on any atom is -0.316 e. The van der Waals surface area contributed by atoms with Gasteiger partial charge in [0, 0.05) is 32.6 Å². The summed E-state index contributed by atoms with van der Waals surface area (Å²) in [5.41, 5.74) is 0. The molecule has 0 aromatic carbocycles. The summed E-state index contributed by atoms with van der Waals surface area (Å²) < 4.78 is 0. The van der Waals surface area contributed by atoms with E-state index in [1.165, 1.54) is 25.9 Å². The van der Waals surface area contributed by atoms with Crippen LogP contribution in [0.1, 0.15) is 19.3 Å². The molecule has 2 fully saturated rings. The van der Waals surface area contributed by atoms with Gasteiger partial charge in [-0.2, -0.15) is 0 Å². The summed E-state index contributed by atoms with van der Waals surface area (Å²) in [7, 11) is 0. The number of rotatable bonds is 2. The van der Waals surface area contributed by atoms with Crippen molar-refractivity contribution >= 4 is 0 Å². The third-order valence-corrected chi connectivity index (χ3v) is 3.43. The molecule has 0 spiro atoms. The second-order valence-electron chi connectivity index (χ2n) is 4.80. The predicted molar refractivity (Wildman–Crippen MR) is 67.3 cm³/mol. The van der Waals surface area contributed by atoms with Crippen molar-refractivity contribution in [3.63, 3.8) is 0 Å². The van der Waals surface area contributed by atoms with E-state index < -0.39 is 0 Å². The SMILES string of the molecule is C(#CCN1CCNCC1)CC1CCCNC1. The highest BCUT2D eigenvalue weighted by Gasteiger charge is 2.11. The van der Waals surface area contributed by atoms with Crippen molar-refractivity contribution < 1.29 is 0 Å². The highest BCUT2D eigenvalue weighted by atomic mass is 15.2. The second-order valence-corrected chi connectivity index (χ2v) is 4.80. The minimum absolute atomic E-state index is 0.796. The smallest absolute Gasteiger partial charge is 0.0602 e. The van der Waals surface area contributed by atoms with Gasteiger partial charge in [0.2, 0.25) is 0 Å². The van der Waals surface area contributed by atoms with Gasteiger partial charge in [-0.15, -0.1) is 5.92 Å². The van der Waals surface area contributed by atoms with Gasteiger partial charge in [0.05, 0.1) is 6.54 Å². The molecule has 16 heavy (non-hydrogen) atoms. The van der Waals surface area contributed by atoms with Crippen LogP contribution in [0.3, 0.4) is 0 Å². The molecule has 1 atom stereocenters. The third-order valence-electron chi connectivity index (χ3n) is 3.43. The Morgan fingerprint density at radius 3 is 2.69 bits per heavy atom. The zero-order chi connectivity index (χ0) is 11.1. The van der Waals surface area contributed by atoms with Gasteiger partial charge in [-0.3, -0.25) is 4.90 Å². The average molecular weight is 221 g/mol. The first-order chi connectivity index (χ1) is 7.95. The van der Waals surface area contributed by atoms with Crippen molar-refractivity contribution in [3.8, 4) is 11.8 Å². The zero-order valence-electron chi connectivity index (χ0n) is 10.1. The Labute approximate surface area is 99.0 Å². The van der Waals surface area contributed by atoms with Gasteiger partial charge in [0.25, 0.3) is 0 Å². The Morgan fingerprint density at radius 2 is 1.94 bits per heavy atom. The highest BCUT2D eigenvalue weighted by Crippen LogP contribution is 2.12. The summed E-state index contributed by atoms with van der Waals surface area (Å²) in [6, 6.07) is 0. The molecule has 0 radical (unpaired) electrons. The number of hydrogen-bond donors (Lipinski definition) is 2. The van der Waals surface area contributed by atoms with Gasteiger partial charge >= 0.3 is 0 Å².